The number of benzene rings is 1. The molecule has 16 heavy (non-hydrogen) atoms. The molecule has 0 saturated carbocycles. The van der Waals surface area contributed by atoms with Gasteiger partial charge in [-0.15, -0.1) is 0 Å². The molecule has 78 valence electrons. The number of aromatic nitrogens is 1. The summed E-state index contributed by atoms with van der Waals surface area (Å²) in [4.78, 5) is 8.51. The van der Waals surface area contributed by atoms with Crippen LogP contribution in [-0.4, -0.2) is 10.8 Å². The third kappa shape index (κ3) is 1.29. The van der Waals surface area contributed by atoms with Gasteiger partial charge in [0.25, 0.3) is 0 Å². The Morgan fingerprint density at radius 1 is 1.00 bits per heavy atom. The molecular formula is C13H11N3. The lowest BCUT2D eigenvalue weighted by Crippen LogP contribution is -2.09. The van der Waals surface area contributed by atoms with Gasteiger partial charge in [-0.2, -0.15) is 0 Å². The molecule has 1 aromatic carbocycles. The molecule has 0 fully saturated rings. The normalized spacial score (nSPS) is 18.0. The molecule has 1 unspecified atom stereocenters. The van der Waals surface area contributed by atoms with Crippen molar-refractivity contribution in [3.63, 3.8) is 0 Å². The summed E-state index contributed by atoms with van der Waals surface area (Å²) < 4.78 is 0. The predicted molar refractivity (Wildman–Crippen MR) is 63.2 cm³/mol. The minimum absolute atomic E-state index is 0.0270. The van der Waals surface area contributed by atoms with Crippen LogP contribution in [0.4, 0.5) is 0 Å². The van der Waals surface area contributed by atoms with Gasteiger partial charge in [-0.05, 0) is 23.3 Å². The van der Waals surface area contributed by atoms with Crippen molar-refractivity contribution >= 4 is 5.84 Å². The molecule has 2 heterocycles. The number of nitrogens with zero attached hydrogens (tertiary/aromatic N) is 2. The second-order valence-corrected chi connectivity index (χ2v) is 3.78. The van der Waals surface area contributed by atoms with Crippen LogP contribution in [0.25, 0.3) is 0 Å². The van der Waals surface area contributed by atoms with Crippen LogP contribution >= 0.6 is 0 Å². The number of nitrogens with two attached hydrogens (primary N) is 1. The van der Waals surface area contributed by atoms with Crippen LogP contribution in [0, 0.1) is 0 Å². The number of amidine groups is 1. The number of pyridine rings is 1. The molecule has 0 saturated heterocycles. The average Bonchev–Trinajstić information content (AvgIpc) is 2.69. The van der Waals surface area contributed by atoms with Gasteiger partial charge in [-0.1, -0.05) is 24.3 Å². The summed E-state index contributed by atoms with van der Waals surface area (Å²) in [7, 11) is 0. The van der Waals surface area contributed by atoms with Gasteiger partial charge in [-0.25, -0.2) is 0 Å². The highest BCUT2D eigenvalue weighted by Gasteiger charge is 2.23. The van der Waals surface area contributed by atoms with E-state index in [4.69, 9.17) is 5.73 Å². The van der Waals surface area contributed by atoms with Gasteiger partial charge < -0.3 is 5.73 Å². The van der Waals surface area contributed by atoms with Gasteiger partial charge in [0.1, 0.15) is 11.9 Å². The van der Waals surface area contributed by atoms with E-state index < -0.39 is 0 Å². The van der Waals surface area contributed by atoms with Gasteiger partial charge in [0, 0.05) is 18.0 Å². The average molecular weight is 209 g/mol. The van der Waals surface area contributed by atoms with Crippen molar-refractivity contribution in [3.8, 4) is 0 Å². The minimum atomic E-state index is 0.0270. The van der Waals surface area contributed by atoms with Gasteiger partial charge in [-0.3, -0.25) is 9.98 Å². The lowest BCUT2D eigenvalue weighted by atomic mass is 9.98. The van der Waals surface area contributed by atoms with Gasteiger partial charge in [0.15, 0.2) is 0 Å². The maximum Gasteiger partial charge on any atom is 0.127 e. The molecule has 3 heteroatoms. The van der Waals surface area contributed by atoms with Gasteiger partial charge in [0.2, 0.25) is 0 Å². The summed E-state index contributed by atoms with van der Waals surface area (Å²) in [5.74, 6) is 0.623. The van der Waals surface area contributed by atoms with Crippen LogP contribution < -0.4 is 5.73 Å². The Balaban J connectivity index is 2.13. The highest BCUT2D eigenvalue weighted by Crippen LogP contribution is 2.33. The van der Waals surface area contributed by atoms with Crippen molar-refractivity contribution in [3.05, 3.63) is 65.5 Å². The van der Waals surface area contributed by atoms with Crippen molar-refractivity contribution in [1.82, 2.24) is 4.98 Å². The molecule has 3 nitrogen and oxygen atoms in total. The zero-order chi connectivity index (χ0) is 11.0. The highest BCUT2D eigenvalue weighted by atomic mass is 14.9. The Bertz CT molecular complexity index is 546. The van der Waals surface area contributed by atoms with Crippen molar-refractivity contribution in [2.24, 2.45) is 10.7 Å². The number of rotatable bonds is 1. The van der Waals surface area contributed by atoms with Crippen LogP contribution in [0.2, 0.25) is 0 Å². The van der Waals surface area contributed by atoms with Crippen LogP contribution in [0.3, 0.4) is 0 Å². The Hall–Kier alpha value is -2.16. The van der Waals surface area contributed by atoms with Gasteiger partial charge >= 0.3 is 0 Å². The van der Waals surface area contributed by atoms with Crippen LogP contribution in [0.1, 0.15) is 22.7 Å². The predicted octanol–water partition coefficient (Wildman–Crippen LogP) is 1.89. The third-order valence-corrected chi connectivity index (χ3v) is 2.82. The monoisotopic (exact) mass is 209 g/mol. The smallest absolute Gasteiger partial charge is 0.127 e. The Kier molecular flexibility index (Phi) is 1.96. The van der Waals surface area contributed by atoms with Crippen molar-refractivity contribution in [2.75, 3.05) is 0 Å². The van der Waals surface area contributed by atoms with E-state index in [1.54, 1.807) is 12.4 Å². The molecule has 0 bridgehead atoms. The lowest BCUT2D eigenvalue weighted by molar-refractivity contribution is 0.892. The SMILES string of the molecule is NC1=NC(c2ccncc2)c2ccccc21. The molecule has 0 radical (unpaired) electrons. The zero-order valence-electron chi connectivity index (χ0n) is 8.67. The molecule has 0 spiro atoms. The molecule has 1 aliphatic rings. The van der Waals surface area contributed by atoms with Crippen molar-refractivity contribution in [1.29, 1.82) is 0 Å². The Labute approximate surface area is 93.7 Å². The van der Waals surface area contributed by atoms with Crippen LogP contribution in [-0.2, 0) is 0 Å². The Morgan fingerprint density at radius 3 is 2.56 bits per heavy atom. The molecule has 0 amide bonds. The molecule has 2 aromatic rings. The van der Waals surface area contributed by atoms with E-state index in [0.29, 0.717) is 5.84 Å². The van der Waals surface area contributed by atoms with E-state index in [0.717, 1.165) is 11.1 Å². The second kappa shape index (κ2) is 3.45. The van der Waals surface area contributed by atoms with E-state index in [-0.39, 0.29) is 6.04 Å². The van der Waals surface area contributed by atoms with Crippen molar-refractivity contribution < 1.29 is 0 Å². The summed E-state index contributed by atoms with van der Waals surface area (Å²) in [5.41, 5.74) is 9.25. The number of hydrogen-bond donors (Lipinski definition) is 1. The first kappa shape index (κ1) is 9.09. The topological polar surface area (TPSA) is 51.3 Å². The largest absolute Gasteiger partial charge is 0.383 e. The molecule has 1 aliphatic heterocycles. The fourth-order valence-electron chi connectivity index (χ4n) is 2.05. The summed E-state index contributed by atoms with van der Waals surface area (Å²) in [5, 5.41) is 0. The first-order valence-electron chi connectivity index (χ1n) is 5.19. The second-order valence-electron chi connectivity index (χ2n) is 3.78. The summed E-state index contributed by atoms with van der Waals surface area (Å²) in [6, 6.07) is 12.1. The fourth-order valence-corrected chi connectivity index (χ4v) is 2.05. The van der Waals surface area contributed by atoms with E-state index in [9.17, 15) is 0 Å². The third-order valence-electron chi connectivity index (χ3n) is 2.82. The quantitative estimate of drug-likeness (QED) is 0.779. The summed E-state index contributed by atoms with van der Waals surface area (Å²) >= 11 is 0. The first-order chi connectivity index (χ1) is 7.86. The van der Waals surface area contributed by atoms with E-state index in [1.807, 2.05) is 30.3 Å². The highest BCUT2D eigenvalue weighted by molar-refractivity contribution is 6.01. The van der Waals surface area contributed by atoms with Crippen molar-refractivity contribution in [2.45, 2.75) is 6.04 Å². The maximum atomic E-state index is 5.91. The molecule has 3 rings (SSSR count). The Morgan fingerprint density at radius 2 is 1.75 bits per heavy atom. The fraction of sp³-hybridized carbons (Fsp3) is 0.0769. The molecule has 1 atom stereocenters. The summed E-state index contributed by atoms with van der Waals surface area (Å²) in [6.07, 6.45) is 3.56. The molecule has 0 aliphatic carbocycles. The maximum absolute atomic E-state index is 5.91. The zero-order valence-corrected chi connectivity index (χ0v) is 8.67. The van der Waals surface area contributed by atoms with E-state index in [1.165, 1.54) is 5.56 Å². The molecule has 1 aromatic heterocycles. The standard InChI is InChI=1S/C13H11N3/c14-13-11-4-2-1-3-10(11)12(16-13)9-5-7-15-8-6-9/h1-8,12H,(H2,14,16). The van der Waals surface area contributed by atoms with E-state index >= 15 is 0 Å². The van der Waals surface area contributed by atoms with E-state index in [2.05, 4.69) is 16.0 Å². The minimum Gasteiger partial charge on any atom is -0.383 e. The van der Waals surface area contributed by atoms with Gasteiger partial charge in [0.05, 0.1) is 0 Å². The number of hydrogen-bond acceptors (Lipinski definition) is 3. The van der Waals surface area contributed by atoms with Crippen LogP contribution in [0.15, 0.2) is 53.8 Å². The number of fused-ring (bicyclic) bond motifs is 1. The lowest BCUT2D eigenvalue weighted by Gasteiger charge is -2.08. The van der Waals surface area contributed by atoms with Crippen LogP contribution in [0.5, 0.6) is 0 Å². The molecular weight excluding hydrogens is 198 g/mol. The number of aliphatic imine (C=N–C) groups is 1. The molecule has 2 N–H and O–H groups in total. The first-order valence-corrected chi connectivity index (χ1v) is 5.19. The summed E-state index contributed by atoms with van der Waals surface area (Å²) in [6.45, 7) is 0.